The van der Waals surface area contributed by atoms with Crippen LogP contribution in [0.3, 0.4) is 0 Å². The van der Waals surface area contributed by atoms with Crippen LogP contribution in [0.5, 0.6) is 5.88 Å². The van der Waals surface area contributed by atoms with Gasteiger partial charge in [-0.05, 0) is 13.3 Å². The SMILES string of the molecule is CCCNc1nc(CC)nc(OCCCOC)c1C. The number of nitrogens with zero attached hydrogens (tertiary/aromatic N) is 2. The highest BCUT2D eigenvalue weighted by Crippen LogP contribution is 2.22. The Labute approximate surface area is 115 Å². The molecule has 0 aliphatic heterocycles. The first-order valence-electron chi connectivity index (χ1n) is 6.96. The fourth-order valence-electron chi connectivity index (χ4n) is 1.63. The number of aromatic nitrogens is 2. The lowest BCUT2D eigenvalue weighted by Gasteiger charge is -2.13. The molecule has 0 aliphatic carbocycles. The standard InChI is InChI=1S/C14H25N3O2/c1-5-8-15-13-11(3)14(17-12(6-2)16-13)19-10-7-9-18-4/h5-10H2,1-4H3,(H,15,16,17). The fourth-order valence-corrected chi connectivity index (χ4v) is 1.63. The molecule has 1 N–H and O–H groups in total. The Kier molecular flexibility index (Phi) is 7.18. The summed E-state index contributed by atoms with van der Waals surface area (Å²) in [5.41, 5.74) is 0.975. The number of aryl methyl sites for hydroxylation is 1. The Morgan fingerprint density at radius 1 is 1.16 bits per heavy atom. The average molecular weight is 267 g/mol. The van der Waals surface area contributed by atoms with Gasteiger partial charge in [0.1, 0.15) is 11.6 Å². The largest absolute Gasteiger partial charge is 0.477 e. The second kappa shape index (κ2) is 8.69. The van der Waals surface area contributed by atoms with Crippen LogP contribution in [0.1, 0.15) is 38.1 Å². The van der Waals surface area contributed by atoms with Crippen LogP contribution in [0.4, 0.5) is 5.82 Å². The van der Waals surface area contributed by atoms with E-state index in [4.69, 9.17) is 9.47 Å². The molecule has 108 valence electrons. The molecule has 0 aromatic carbocycles. The van der Waals surface area contributed by atoms with E-state index >= 15 is 0 Å². The van der Waals surface area contributed by atoms with Crippen molar-refractivity contribution in [2.24, 2.45) is 0 Å². The molecule has 0 bridgehead atoms. The maximum absolute atomic E-state index is 5.73. The number of hydrogen-bond acceptors (Lipinski definition) is 5. The normalized spacial score (nSPS) is 10.5. The summed E-state index contributed by atoms with van der Waals surface area (Å²) in [6.45, 7) is 8.39. The third-order valence-corrected chi connectivity index (χ3v) is 2.74. The molecule has 1 rings (SSSR count). The molecule has 1 heterocycles. The van der Waals surface area contributed by atoms with E-state index in [0.717, 1.165) is 43.0 Å². The number of nitrogens with one attached hydrogen (secondary N) is 1. The summed E-state index contributed by atoms with van der Waals surface area (Å²) in [5.74, 6) is 2.38. The van der Waals surface area contributed by atoms with Crippen molar-refractivity contribution in [1.82, 2.24) is 9.97 Å². The minimum Gasteiger partial charge on any atom is -0.477 e. The zero-order chi connectivity index (χ0) is 14.1. The van der Waals surface area contributed by atoms with Gasteiger partial charge in [0.25, 0.3) is 0 Å². The van der Waals surface area contributed by atoms with Crippen LogP contribution in [0, 0.1) is 6.92 Å². The van der Waals surface area contributed by atoms with Crippen LogP contribution in [-0.2, 0) is 11.2 Å². The molecule has 0 fully saturated rings. The molecule has 0 saturated heterocycles. The minimum atomic E-state index is 0.613. The predicted octanol–water partition coefficient (Wildman–Crippen LogP) is 2.58. The molecule has 0 unspecified atom stereocenters. The van der Waals surface area contributed by atoms with Gasteiger partial charge in [-0.25, -0.2) is 4.98 Å². The third kappa shape index (κ3) is 5.03. The Balaban J connectivity index is 2.76. The Hall–Kier alpha value is -1.36. The quantitative estimate of drug-likeness (QED) is 0.697. The van der Waals surface area contributed by atoms with Crippen molar-refractivity contribution >= 4 is 5.82 Å². The maximum Gasteiger partial charge on any atom is 0.221 e. The summed E-state index contributed by atoms with van der Waals surface area (Å²) in [6, 6.07) is 0. The lowest BCUT2D eigenvalue weighted by molar-refractivity contribution is 0.170. The molecule has 1 aromatic heterocycles. The summed E-state index contributed by atoms with van der Waals surface area (Å²) < 4.78 is 10.7. The molecule has 0 radical (unpaired) electrons. The van der Waals surface area contributed by atoms with Gasteiger partial charge in [-0.1, -0.05) is 13.8 Å². The van der Waals surface area contributed by atoms with E-state index in [2.05, 4.69) is 22.2 Å². The Bertz CT molecular complexity index is 383. The lowest BCUT2D eigenvalue weighted by Crippen LogP contribution is -2.11. The molecule has 0 spiro atoms. The van der Waals surface area contributed by atoms with Gasteiger partial charge in [-0.2, -0.15) is 4.98 Å². The summed E-state index contributed by atoms with van der Waals surface area (Å²) in [7, 11) is 1.69. The van der Waals surface area contributed by atoms with Gasteiger partial charge in [-0.3, -0.25) is 0 Å². The molecular weight excluding hydrogens is 242 g/mol. The molecule has 5 heteroatoms. The minimum absolute atomic E-state index is 0.613. The lowest BCUT2D eigenvalue weighted by atomic mass is 10.3. The average Bonchev–Trinajstić information content (AvgIpc) is 2.43. The van der Waals surface area contributed by atoms with E-state index in [1.807, 2.05) is 13.8 Å². The van der Waals surface area contributed by atoms with Crippen molar-refractivity contribution in [2.75, 3.05) is 32.2 Å². The van der Waals surface area contributed by atoms with E-state index < -0.39 is 0 Å². The van der Waals surface area contributed by atoms with Crippen LogP contribution >= 0.6 is 0 Å². The molecule has 5 nitrogen and oxygen atoms in total. The van der Waals surface area contributed by atoms with Gasteiger partial charge in [0, 0.05) is 33.1 Å². The van der Waals surface area contributed by atoms with Crippen LogP contribution in [0.2, 0.25) is 0 Å². The van der Waals surface area contributed by atoms with Crippen molar-refractivity contribution in [3.8, 4) is 5.88 Å². The first kappa shape index (κ1) is 15.7. The maximum atomic E-state index is 5.73. The highest BCUT2D eigenvalue weighted by atomic mass is 16.5. The summed E-state index contributed by atoms with van der Waals surface area (Å²) in [6.07, 6.45) is 2.73. The molecule has 1 aromatic rings. The van der Waals surface area contributed by atoms with E-state index in [-0.39, 0.29) is 0 Å². The molecule has 0 amide bonds. The van der Waals surface area contributed by atoms with Gasteiger partial charge in [-0.15, -0.1) is 0 Å². The smallest absolute Gasteiger partial charge is 0.221 e. The van der Waals surface area contributed by atoms with Crippen LogP contribution in [-0.4, -0.2) is 36.8 Å². The van der Waals surface area contributed by atoms with Gasteiger partial charge >= 0.3 is 0 Å². The van der Waals surface area contributed by atoms with Crippen molar-refractivity contribution in [1.29, 1.82) is 0 Å². The third-order valence-electron chi connectivity index (χ3n) is 2.74. The number of rotatable bonds is 9. The number of anilines is 1. The van der Waals surface area contributed by atoms with E-state index in [1.54, 1.807) is 7.11 Å². The number of ether oxygens (including phenoxy) is 2. The first-order valence-corrected chi connectivity index (χ1v) is 6.96. The summed E-state index contributed by atoms with van der Waals surface area (Å²) in [4.78, 5) is 8.95. The van der Waals surface area contributed by atoms with Gasteiger partial charge in [0.05, 0.1) is 12.2 Å². The van der Waals surface area contributed by atoms with Crippen molar-refractivity contribution in [3.63, 3.8) is 0 Å². The second-order valence-electron chi connectivity index (χ2n) is 4.39. The predicted molar refractivity (Wildman–Crippen MR) is 76.9 cm³/mol. The summed E-state index contributed by atoms with van der Waals surface area (Å²) in [5, 5.41) is 3.32. The van der Waals surface area contributed by atoms with Gasteiger partial charge in [0.15, 0.2) is 0 Å². The van der Waals surface area contributed by atoms with Crippen LogP contribution < -0.4 is 10.1 Å². The van der Waals surface area contributed by atoms with Crippen molar-refractivity contribution < 1.29 is 9.47 Å². The van der Waals surface area contributed by atoms with Gasteiger partial charge in [0.2, 0.25) is 5.88 Å². The molecule has 0 saturated carbocycles. The van der Waals surface area contributed by atoms with Crippen LogP contribution in [0.25, 0.3) is 0 Å². The zero-order valence-electron chi connectivity index (χ0n) is 12.5. The van der Waals surface area contributed by atoms with E-state index in [9.17, 15) is 0 Å². The van der Waals surface area contributed by atoms with Gasteiger partial charge < -0.3 is 14.8 Å². The molecule has 19 heavy (non-hydrogen) atoms. The first-order chi connectivity index (χ1) is 9.22. The molecular formula is C14H25N3O2. The van der Waals surface area contributed by atoms with E-state index in [0.29, 0.717) is 19.1 Å². The highest BCUT2D eigenvalue weighted by Gasteiger charge is 2.10. The van der Waals surface area contributed by atoms with Crippen molar-refractivity contribution in [3.05, 3.63) is 11.4 Å². The highest BCUT2D eigenvalue weighted by molar-refractivity contribution is 5.48. The fraction of sp³-hybridized carbons (Fsp3) is 0.714. The van der Waals surface area contributed by atoms with Crippen molar-refractivity contribution in [2.45, 2.75) is 40.0 Å². The zero-order valence-corrected chi connectivity index (χ0v) is 12.5. The Morgan fingerprint density at radius 2 is 1.95 bits per heavy atom. The Morgan fingerprint density at radius 3 is 2.58 bits per heavy atom. The molecule has 0 aliphatic rings. The van der Waals surface area contributed by atoms with Crippen LogP contribution in [0.15, 0.2) is 0 Å². The second-order valence-corrected chi connectivity index (χ2v) is 4.39. The topological polar surface area (TPSA) is 56.3 Å². The number of methoxy groups -OCH3 is 1. The monoisotopic (exact) mass is 267 g/mol. The molecule has 0 atom stereocenters. The summed E-state index contributed by atoms with van der Waals surface area (Å²) >= 11 is 0. The number of hydrogen-bond donors (Lipinski definition) is 1. The van der Waals surface area contributed by atoms with E-state index in [1.165, 1.54) is 0 Å².